The van der Waals surface area contributed by atoms with Crippen molar-refractivity contribution in [2.45, 2.75) is 50.8 Å². The molecule has 6 N–H and O–H groups in total. The maximum absolute atomic E-state index is 13.4. The number of imide groups is 1. The van der Waals surface area contributed by atoms with Crippen molar-refractivity contribution in [3.05, 3.63) is 35.9 Å². The lowest BCUT2D eigenvalue weighted by atomic mass is 10.1. The van der Waals surface area contributed by atoms with Gasteiger partial charge in [-0.3, -0.25) is 19.8 Å². The number of guanidine groups is 1. The van der Waals surface area contributed by atoms with Crippen LogP contribution in [0, 0.1) is 5.41 Å². The maximum Gasteiger partial charge on any atom is 0.417 e. The zero-order valence-electron chi connectivity index (χ0n) is 18.5. The number of nitrogens with one attached hydrogen (secondary N) is 2. The molecule has 2 rings (SSSR count). The Hall–Kier alpha value is -3.47. The number of ether oxygens (including phenoxy) is 1. The molecule has 1 aromatic rings. The highest BCUT2D eigenvalue weighted by atomic mass is 16.6. The lowest BCUT2D eigenvalue weighted by molar-refractivity contribution is -0.143. The Kier molecular flexibility index (Phi) is 10.3. The summed E-state index contributed by atoms with van der Waals surface area (Å²) in [6.45, 7) is 0.716. The van der Waals surface area contributed by atoms with Crippen LogP contribution in [-0.4, -0.2) is 71.7 Å². The minimum atomic E-state index is -1.21. The van der Waals surface area contributed by atoms with Crippen LogP contribution in [0.1, 0.15) is 37.7 Å². The van der Waals surface area contributed by atoms with Crippen molar-refractivity contribution in [3.8, 4) is 0 Å². The average Bonchev–Trinajstić information content (AvgIpc) is 3.30. The first kappa shape index (κ1) is 25.8. The molecule has 0 spiro atoms. The first-order valence-electron chi connectivity index (χ1n) is 10.9. The SMILES string of the molecule is N=C(N)NCCC[C@@H]([C]=O)N(C(=O)OCc1ccccc1)C(=O)[C@@H]1CCCN1C(=O)CCN. The Bertz CT molecular complexity index is 834. The van der Waals surface area contributed by atoms with Crippen molar-refractivity contribution in [1.82, 2.24) is 15.1 Å². The third-order valence-corrected chi connectivity index (χ3v) is 5.27. The second-order valence-electron chi connectivity index (χ2n) is 7.65. The van der Waals surface area contributed by atoms with Gasteiger partial charge in [0.05, 0.1) is 0 Å². The minimum Gasteiger partial charge on any atom is -0.444 e. The van der Waals surface area contributed by atoms with Crippen LogP contribution in [0.4, 0.5) is 4.79 Å². The molecule has 1 saturated heterocycles. The van der Waals surface area contributed by atoms with Gasteiger partial charge in [-0.1, -0.05) is 30.3 Å². The predicted molar refractivity (Wildman–Crippen MR) is 121 cm³/mol. The molecule has 11 heteroatoms. The lowest BCUT2D eigenvalue weighted by Gasteiger charge is -2.31. The summed E-state index contributed by atoms with van der Waals surface area (Å²) in [6.07, 6.45) is 2.27. The summed E-state index contributed by atoms with van der Waals surface area (Å²) in [5.41, 5.74) is 11.5. The summed E-state index contributed by atoms with van der Waals surface area (Å²) < 4.78 is 5.34. The number of carbonyl (C=O) groups excluding carboxylic acids is 4. The van der Waals surface area contributed by atoms with Crippen LogP contribution in [-0.2, 0) is 25.7 Å². The fourth-order valence-electron chi connectivity index (χ4n) is 3.67. The Balaban J connectivity index is 2.19. The molecule has 1 radical (unpaired) electrons. The number of rotatable bonds is 11. The zero-order valence-corrected chi connectivity index (χ0v) is 18.5. The van der Waals surface area contributed by atoms with Gasteiger partial charge in [0, 0.05) is 26.1 Å². The molecule has 0 unspecified atom stereocenters. The van der Waals surface area contributed by atoms with E-state index in [1.54, 1.807) is 30.6 Å². The van der Waals surface area contributed by atoms with Crippen molar-refractivity contribution in [2.75, 3.05) is 19.6 Å². The second-order valence-corrected chi connectivity index (χ2v) is 7.65. The Morgan fingerprint density at radius 1 is 1.30 bits per heavy atom. The van der Waals surface area contributed by atoms with E-state index in [-0.39, 0.29) is 44.4 Å². The van der Waals surface area contributed by atoms with Crippen molar-refractivity contribution in [1.29, 1.82) is 5.41 Å². The normalized spacial score (nSPS) is 16.0. The van der Waals surface area contributed by atoms with E-state index in [0.717, 1.165) is 10.5 Å². The zero-order chi connectivity index (χ0) is 24.2. The van der Waals surface area contributed by atoms with Crippen LogP contribution in [0.3, 0.4) is 0 Å². The monoisotopic (exact) mass is 459 g/mol. The summed E-state index contributed by atoms with van der Waals surface area (Å²) in [7, 11) is 0. The van der Waals surface area contributed by atoms with Crippen molar-refractivity contribution < 1.29 is 23.9 Å². The molecule has 3 amide bonds. The van der Waals surface area contributed by atoms with E-state index < -0.39 is 24.1 Å². The number of amides is 3. The molecule has 1 aliphatic rings. The molecule has 1 aliphatic heterocycles. The molecule has 0 aliphatic carbocycles. The molecule has 1 heterocycles. The van der Waals surface area contributed by atoms with Gasteiger partial charge in [0.1, 0.15) is 18.7 Å². The molecule has 1 aromatic carbocycles. The summed E-state index contributed by atoms with van der Waals surface area (Å²) >= 11 is 0. The van der Waals surface area contributed by atoms with E-state index in [0.29, 0.717) is 25.8 Å². The first-order valence-corrected chi connectivity index (χ1v) is 10.9. The highest BCUT2D eigenvalue weighted by molar-refractivity contribution is 5.99. The first-order chi connectivity index (χ1) is 15.9. The molecule has 0 bridgehead atoms. The highest BCUT2D eigenvalue weighted by Crippen LogP contribution is 2.23. The van der Waals surface area contributed by atoms with E-state index in [1.807, 2.05) is 6.07 Å². The highest BCUT2D eigenvalue weighted by Gasteiger charge is 2.41. The van der Waals surface area contributed by atoms with E-state index >= 15 is 0 Å². The minimum absolute atomic E-state index is 0.0819. The van der Waals surface area contributed by atoms with Crippen LogP contribution in [0.15, 0.2) is 30.3 Å². The molecular weight excluding hydrogens is 428 g/mol. The fourth-order valence-corrected chi connectivity index (χ4v) is 3.67. The fraction of sp³-hybridized carbons (Fsp3) is 0.500. The van der Waals surface area contributed by atoms with Gasteiger partial charge >= 0.3 is 6.09 Å². The number of hydrogen-bond acceptors (Lipinski definition) is 7. The number of hydrogen-bond donors (Lipinski definition) is 4. The van der Waals surface area contributed by atoms with E-state index in [2.05, 4.69) is 5.32 Å². The van der Waals surface area contributed by atoms with Crippen LogP contribution >= 0.6 is 0 Å². The van der Waals surface area contributed by atoms with Gasteiger partial charge < -0.3 is 26.4 Å². The number of likely N-dealkylation sites (tertiary alicyclic amines) is 1. The van der Waals surface area contributed by atoms with Crippen LogP contribution in [0.5, 0.6) is 0 Å². The van der Waals surface area contributed by atoms with Gasteiger partial charge in [0.15, 0.2) is 5.96 Å². The van der Waals surface area contributed by atoms with Crippen molar-refractivity contribution in [2.24, 2.45) is 11.5 Å². The maximum atomic E-state index is 13.4. The van der Waals surface area contributed by atoms with Crippen LogP contribution in [0.2, 0.25) is 0 Å². The van der Waals surface area contributed by atoms with Gasteiger partial charge in [-0.25, -0.2) is 9.69 Å². The molecule has 1 fully saturated rings. The summed E-state index contributed by atoms with van der Waals surface area (Å²) in [5.74, 6) is -1.18. The molecule has 0 aromatic heterocycles. The standard InChI is InChI=1S/C22H31N6O5/c23-11-10-19(30)27-13-5-9-18(27)20(31)28(17(14-29)8-4-12-26-21(24)25)22(32)33-15-16-6-2-1-3-7-16/h1-3,6-7,17-18H,4-5,8-13,15,23H2,(H4,24,25,26)/t17-,18-/m0/s1. The quantitative estimate of drug-likeness (QED) is 0.207. The van der Waals surface area contributed by atoms with Gasteiger partial charge in [-0.05, 0) is 31.2 Å². The van der Waals surface area contributed by atoms with E-state index in [4.69, 9.17) is 21.6 Å². The third-order valence-electron chi connectivity index (χ3n) is 5.27. The predicted octanol–water partition coefficient (Wildman–Crippen LogP) is 0.233. The summed E-state index contributed by atoms with van der Waals surface area (Å²) in [4.78, 5) is 52.8. The largest absolute Gasteiger partial charge is 0.444 e. The average molecular weight is 460 g/mol. The lowest BCUT2D eigenvalue weighted by Crippen LogP contribution is -2.54. The van der Waals surface area contributed by atoms with Crippen molar-refractivity contribution >= 4 is 30.2 Å². The number of carbonyl (C=O) groups is 3. The Morgan fingerprint density at radius 3 is 2.67 bits per heavy atom. The Labute approximate surface area is 192 Å². The molecule has 179 valence electrons. The number of benzene rings is 1. The molecule has 0 saturated carbocycles. The smallest absolute Gasteiger partial charge is 0.417 e. The summed E-state index contributed by atoms with van der Waals surface area (Å²) in [5, 5.41) is 9.80. The summed E-state index contributed by atoms with van der Waals surface area (Å²) in [6, 6.07) is 6.84. The molecule has 33 heavy (non-hydrogen) atoms. The van der Waals surface area contributed by atoms with Gasteiger partial charge in [0.25, 0.3) is 5.91 Å². The van der Waals surface area contributed by atoms with Crippen LogP contribution in [0.25, 0.3) is 0 Å². The molecule has 2 atom stereocenters. The van der Waals surface area contributed by atoms with Crippen molar-refractivity contribution in [3.63, 3.8) is 0 Å². The number of nitrogens with two attached hydrogens (primary N) is 2. The van der Waals surface area contributed by atoms with Crippen LogP contribution < -0.4 is 16.8 Å². The third kappa shape index (κ3) is 7.56. The van der Waals surface area contributed by atoms with E-state index in [9.17, 15) is 19.2 Å². The molecular formula is C22H31N6O5. The number of nitrogens with zero attached hydrogens (tertiary/aromatic N) is 2. The van der Waals surface area contributed by atoms with Gasteiger partial charge in [-0.2, -0.15) is 0 Å². The molecule has 11 nitrogen and oxygen atoms in total. The van der Waals surface area contributed by atoms with E-state index in [1.165, 1.54) is 4.90 Å². The van der Waals surface area contributed by atoms with Gasteiger partial charge in [-0.15, -0.1) is 0 Å². The topological polar surface area (TPSA) is 172 Å². The Morgan fingerprint density at radius 2 is 2.03 bits per heavy atom. The second kappa shape index (κ2) is 13.2. The van der Waals surface area contributed by atoms with Gasteiger partial charge in [0.2, 0.25) is 12.2 Å².